The molecule has 0 bridgehead atoms. The van der Waals surface area contributed by atoms with Crippen molar-refractivity contribution in [3.63, 3.8) is 0 Å². The van der Waals surface area contributed by atoms with Gasteiger partial charge in [0, 0.05) is 5.69 Å². The van der Waals surface area contributed by atoms with Crippen molar-refractivity contribution in [3.05, 3.63) is 45.9 Å². The standard InChI is InChI=1S/C13H9Cl2NO4/c14-8-4-6(5-9(15)12(8)19)16-13(20)7-2-1-3-10(17)11(7)18/h1-5,17-19H,(H,16,20). The zero-order valence-corrected chi connectivity index (χ0v) is 11.4. The Morgan fingerprint density at radius 2 is 1.60 bits per heavy atom. The van der Waals surface area contributed by atoms with E-state index in [9.17, 15) is 20.1 Å². The Morgan fingerprint density at radius 1 is 1.00 bits per heavy atom. The molecule has 0 fully saturated rings. The van der Waals surface area contributed by atoms with Gasteiger partial charge < -0.3 is 20.6 Å². The van der Waals surface area contributed by atoms with Crippen molar-refractivity contribution in [1.82, 2.24) is 0 Å². The summed E-state index contributed by atoms with van der Waals surface area (Å²) in [5.41, 5.74) is 0.135. The molecule has 4 N–H and O–H groups in total. The summed E-state index contributed by atoms with van der Waals surface area (Å²) in [6.45, 7) is 0. The van der Waals surface area contributed by atoms with Crippen molar-refractivity contribution in [3.8, 4) is 17.2 Å². The van der Waals surface area contributed by atoms with Gasteiger partial charge in [-0.25, -0.2) is 0 Å². The molecule has 0 aliphatic rings. The highest BCUT2D eigenvalue weighted by Crippen LogP contribution is 2.35. The monoisotopic (exact) mass is 313 g/mol. The zero-order chi connectivity index (χ0) is 14.9. The second kappa shape index (κ2) is 5.48. The molecule has 2 aromatic carbocycles. The minimum atomic E-state index is -0.656. The highest BCUT2D eigenvalue weighted by Gasteiger charge is 2.15. The summed E-state index contributed by atoms with van der Waals surface area (Å²) in [5, 5.41) is 30.7. The molecule has 5 nitrogen and oxygen atoms in total. The number of carbonyl (C=O) groups is 1. The zero-order valence-electron chi connectivity index (χ0n) is 9.89. The number of hydrogen-bond donors (Lipinski definition) is 4. The molecule has 1 amide bonds. The largest absolute Gasteiger partial charge is 0.505 e. The molecule has 0 saturated carbocycles. The Morgan fingerprint density at radius 3 is 2.20 bits per heavy atom. The van der Waals surface area contributed by atoms with Crippen molar-refractivity contribution in [2.45, 2.75) is 0 Å². The van der Waals surface area contributed by atoms with E-state index >= 15 is 0 Å². The van der Waals surface area contributed by atoms with Crippen molar-refractivity contribution in [2.75, 3.05) is 5.32 Å². The van der Waals surface area contributed by atoms with Crippen LogP contribution in [0.15, 0.2) is 30.3 Å². The summed E-state index contributed by atoms with van der Waals surface area (Å²) < 4.78 is 0. The number of benzene rings is 2. The lowest BCUT2D eigenvalue weighted by atomic mass is 10.1. The molecule has 0 aromatic heterocycles. The number of carbonyl (C=O) groups excluding carboxylic acids is 1. The fourth-order valence-electron chi connectivity index (χ4n) is 1.55. The first-order chi connectivity index (χ1) is 9.40. The molecule has 0 radical (unpaired) electrons. The molecule has 7 heteroatoms. The fraction of sp³-hybridized carbons (Fsp3) is 0. The van der Waals surface area contributed by atoms with Gasteiger partial charge in [-0.15, -0.1) is 0 Å². The second-order valence-corrected chi connectivity index (χ2v) is 4.73. The van der Waals surface area contributed by atoms with Crippen LogP contribution in [0.2, 0.25) is 10.0 Å². The topological polar surface area (TPSA) is 89.8 Å². The molecular weight excluding hydrogens is 305 g/mol. The molecular formula is C13H9Cl2NO4. The minimum absolute atomic E-state index is 0.0204. The van der Waals surface area contributed by atoms with Crippen LogP contribution in [-0.4, -0.2) is 21.2 Å². The molecule has 2 aromatic rings. The maximum atomic E-state index is 12.0. The third-order valence-corrected chi connectivity index (χ3v) is 3.11. The van der Waals surface area contributed by atoms with Gasteiger partial charge in [0.1, 0.15) is 0 Å². The number of amides is 1. The number of phenolic OH excluding ortho intramolecular Hbond substituents is 3. The molecule has 0 unspecified atom stereocenters. The molecule has 0 atom stereocenters. The normalized spacial score (nSPS) is 10.3. The van der Waals surface area contributed by atoms with E-state index in [2.05, 4.69) is 5.32 Å². The van der Waals surface area contributed by atoms with Crippen molar-refractivity contribution in [1.29, 1.82) is 0 Å². The number of halogens is 2. The van der Waals surface area contributed by atoms with Gasteiger partial charge in [0.2, 0.25) is 0 Å². The summed E-state index contributed by atoms with van der Waals surface area (Å²) in [4.78, 5) is 12.0. The molecule has 0 spiro atoms. The van der Waals surface area contributed by atoms with Gasteiger partial charge >= 0.3 is 0 Å². The number of hydrogen-bond acceptors (Lipinski definition) is 4. The first kappa shape index (κ1) is 14.3. The number of nitrogens with one attached hydrogen (secondary N) is 1. The van der Waals surface area contributed by atoms with E-state index in [0.29, 0.717) is 0 Å². The number of rotatable bonds is 2. The van der Waals surface area contributed by atoms with Crippen LogP contribution in [0.1, 0.15) is 10.4 Å². The Balaban J connectivity index is 2.30. The first-order valence-electron chi connectivity index (χ1n) is 5.40. The maximum Gasteiger partial charge on any atom is 0.259 e. The summed E-state index contributed by atoms with van der Waals surface area (Å²) in [5.74, 6) is -1.87. The summed E-state index contributed by atoms with van der Waals surface area (Å²) in [7, 11) is 0. The molecule has 2 rings (SSSR count). The van der Waals surface area contributed by atoms with Gasteiger partial charge in [0.05, 0.1) is 15.6 Å². The van der Waals surface area contributed by atoms with E-state index in [1.54, 1.807) is 0 Å². The van der Waals surface area contributed by atoms with Crippen LogP contribution in [0.5, 0.6) is 17.2 Å². The van der Waals surface area contributed by atoms with Gasteiger partial charge in [-0.1, -0.05) is 29.3 Å². The van der Waals surface area contributed by atoms with Gasteiger partial charge in [0.15, 0.2) is 17.2 Å². The smallest absolute Gasteiger partial charge is 0.259 e. The highest BCUT2D eigenvalue weighted by atomic mass is 35.5. The predicted octanol–water partition coefficient (Wildman–Crippen LogP) is 3.36. The van der Waals surface area contributed by atoms with E-state index in [4.69, 9.17) is 23.2 Å². The third kappa shape index (κ3) is 2.74. The molecule has 0 saturated heterocycles. The van der Waals surface area contributed by atoms with Crippen LogP contribution < -0.4 is 5.32 Å². The molecule has 20 heavy (non-hydrogen) atoms. The van der Waals surface area contributed by atoms with Crippen LogP contribution in [-0.2, 0) is 0 Å². The van der Waals surface area contributed by atoms with Crippen molar-refractivity contribution in [2.24, 2.45) is 0 Å². The lowest BCUT2D eigenvalue weighted by Crippen LogP contribution is -2.12. The maximum absolute atomic E-state index is 12.0. The van der Waals surface area contributed by atoms with Gasteiger partial charge in [0.25, 0.3) is 5.91 Å². The highest BCUT2D eigenvalue weighted by molar-refractivity contribution is 6.37. The van der Waals surface area contributed by atoms with Crippen molar-refractivity contribution < 1.29 is 20.1 Å². The Kier molecular flexibility index (Phi) is 3.92. The van der Waals surface area contributed by atoms with Crippen LogP contribution in [0.3, 0.4) is 0 Å². The minimum Gasteiger partial charge on any atom is -0.505 e. The van der Waals surface area contributed by atoms with Crippen LogP contribution in [0.25, 0.3) is 0 Å². The number of anilines is 1. The lowest BCUT2D eigenvalue weighted by Gasteiger charge is -2.09. The van der Waals surface area contributed by atoms with E-state index in [1.165, 1.54) is 30.3 Å². The third-order valence-electron chi connectivity index (χ3n) is 2.53. The van der Waals surface area contributed by atoms with Crippen LogP contribution in [0, 0.1) is 0 Å². The molecule has 0 heterocycles. The Labute approximate surface area is 124 Å². The second-order valence-electron chi connectivity index (χ2n) is 3.92. The van der Waals surface area contributed by atoms with Gasteiger partial charge in [-0.3, -0.25) is 4.79 Å². The quantitative estimate of drug-likeness (QED) is 0.505. The van der Waals surface area contributed by atoms with E-state index in [0.717, 1.165) is 0 Å². The molecule has 104 valence electrons. The Bertz CT molecular complexity index is 665. The summed E-state index contributed by atoms with van der Waals surface area (Å²) in [6, 6.07) is 6.62. The lowest BCUT2D eigenvalue weighted by molar-refractivity contribution is 0.102. The number of phenols is 3. The van der Waals surface area contributed by atoms with Crippen LogP contribution in [0.4, 0.5) is 5.69 Å². The SMILES string of the molecule is O=C(Nc1cc(Cl)c(O)c(Cl)c1)c1cccc(O)c1O. The first-order valence-corrected chi connectivity index (χ1v) is 6.16. The van der Waals surface area contributed by atoms with E-state index in [-0.39, 0.29) is 27.0 Å². The summed E-state index contributed by atoms with van der Waals surface area (Å²) in [6.07, 6.45) is 0. The van der Waals surface area contributed by atoms with Crippen molar-refractivity contribution >= 4 is 34.8 Å². The van der Waals surface area contributed by atoms with Gasteiger partial charge in [-0.2, -0.15) is 0 Å². The van der Waals surface area contributed by atoms with Gasteiger partial charge in [-0.05, 0) is 24.3 Å². The molecule has 0 aliphatic carbocycles. The average Bonchev–Trinajstić information content (AvgIpc) is 2.39. The van der Waals surface area contributed by atoms with E-state index in [1.807, 2.05) is 0 Å². The van der Waals surface area contributed by atoms with E-state index < -0.39 is 17.4 Å². The average molecular weight is 314 g/mol. The molecule has 0 aliphatic heterocycles. The predicted molar refractivity (Wildman–Crippen MR) is 75.9 cm³/mol. The summed E-state index contributed by atoms with van der Waals surface area (Å²) >= 11 is 11.5. The Hall–Kier alpha value is -2.11. The number of para-hydroxylation sites is 1. The number of aromatic hydroxyl groups is 3. The van der Waals surface area contributed by atoms with Crippen LogP contribution >= 0.6 is 23.2 Å². The fourth-order valence-corrected chi connectivity index (χ4v) is 2.04.